The number of anilines is 2. The second-order valence-electron chi connectivity index (χ2n) is 7.09. The van der Waals surface area contributed by atoms with Crippen LogP contribution < -0.4 is 15.5 Å². The maximum Gasteiger partial charge on any atom is 0.0890 e. The zero-order valence-electron chi connectivity index (χ0n) is 13.9. The third-order valence-electron chi connectivity index (χ3n) is 5.21. The van der Waals surface area contributed by atoms with Gasteiger partial charge in [-0.2, -0.15) is 0 Å². The van der Waals surface area contributed by atoms with E-state index in [0.717, 1.165) is 49.4 Å². The monoisotopic (exact) mass is 332 g/mol. The van der Waals surface area contributed by atoms with Crippen LogP contribution in [0.15, 0.2) is 49.1 Å². The van der Waals surface area contributed by atoms with Gasteiger partial charge in [-0.1, -0.05) is 6.07 Å². The average molecular weight is 332 g/mol. The molecule has 0 saturated carbocycles. The molecule has 2 aliphatic heterocycles. The van der Waals surface area contributed by atoms with Gasteiger partial charge in [-0.25, -0.2) is 0 Å². The molecule has 6 heteroatoms. The molecular formula is C19H20N6. The molecule has 3 aromatic rings. The van der Waals surface area contributed by atoms with E-state index in [-0.39, 0.29) is 0 Å². The molecule has 25 heavy (non-hydrogen) atoms. The molecule has 0 amide bonds. The predicted molar refractivity (Wildman–Crippen MR) is 98.6 cm³/mol. The summed E-state index contributed by atoms with van der Waals surface area (Å²) in [6.07, 6.45) is 7.24. The Morgan fingerprint density at radius 1 is 1.04 bits per heavy atom. The van der Waals surface area contributed by atoms with Gasteiger partial charge in [-0.3, -0.25) is 15.0 Å². The average Bonchev–Trinajstić information content (AvgIpc) is 2.58. The Labute approximate surface area is 146 Å². The molecule has 4 heterocycles. The molecule has 1 spiro atoms. The lowest BCUT2D eigenvalue weighted by Crippen LogP contribution is -2.71. The summed E-state index contributed by atoms with van der Waals surface area (Å²) in [6.45, 7) is 5.30. The molecule has 0 unspecified atom stereocenters. The standard InChI is InChI=1S/C19H20N6/c1-2-15-16(23-6-5-22-15)7-14(1)8-24-17-9-20-4-3-18(17)25-12-19(13-25)10-21-11-19/h1-7,9,21,24H,8,10-13H2. The summed E-state index contributed by atoms with van der Waals surface area (Å²) in [5.74, 6) is 0. The van der Waals surface area contributed by atoms with Crippen molar-refractivity contribution in [1.29, 1.82) is 0 Å². The first-order valence-corrected chi connectivity index (χ1v) is 8.65. The quantitative estimate of drug-likeness (QED) is 0.762. The number of nitrogens with zero attached hydrogens (tertiary/aromatic N) is 4. The summed E-state index contributed by atoms with van der Waals surface area (Å²) >= 11 is 0. The van der Waals surface area contributed by atoms with E-state index < -0.39 is 0 Å². The predicted octanol–water partition coefficient (Wildman–Crippen LogP) is 2.05. The minimum absolute atomic E-state index is 0.511. The molecule has 126 valence electrons. The number of aromatic nitrogens is 3. The van der Waals surface area contributed by atoms with Gasteiger partial charge in [-0.15, -0.1) is 0 Å². The van der Waals surface area contributed by atoms with Crippen molar-refractivity contribution in [2.75, 3.05) is 36.4 Å². The van der Waals surface area contributed by atoms with E-state index in [4.69, 9.17) is 0 Å². The van der Waals surface area contributed by atoms with Crippen LogP contribution in [0, 0.1) is 5.41 Å². The van der Waals surface area contributed by atoms with Gasteiger partial charge in [0.25, 0.3) is 0 Å². The normalized spacial score (nSPS) is 18.0. The van der Waals surface area contributed by atoms with Crippen molar-refractivity contribution in [3.63, 3.8) is 0 Å². The minimum Gasteiger partial charge on any atom is -0.378 e. The van der Waals surface area contributed by atoms with Gasteiger partial charge in [0.2, 0.25) is 0 Å². The SMILES string of the molecule is c1cc(N2CC3(CNC3)C2)c(NCc2ccc3nccnc3c2)cn1. The van der Waals surface area contributed by atoms with Gasteiger partial charge in [0, 0.05) is 56.7 Å². The molecule has 2 N–H and O–H groups in total. The van der Waals surface area contributed by atoms with Crippen molar-refractivity contribution in [3.8, 4) is 0 Å². The Bertz CT molecular complexity index is 912. The summed E-state index contributed by atoms with van der Waals surface area (Å²) in [6, 6.07) is 8.31. The largest absolute Gasteiger partial charge is 0.378 e. The Hall–Kier alpha value is -2.73. The number of nitrogens with one attached hydrogen (secondary N) is 2. The third-order valence-corrected chi connectivity index (χ3v) is 5.21. The van der Waals surface area contributed by atoms with Gasteiger partial charge >= 0.3 is 0 Å². The Morgan fingerprint density at radius 3 is 2.68 bits per heavy atom. The molecule has 0 radical (unpaired) electrons. The molecule has 2 aromatic heterocycles. The van der Waals surface area contributed by atoms with Crippen LogP contribution in [0.3, 0.4) is 0 Å². The van der Waals surface area contributed by atoms with Crippen molar-refractivity contribution in [2.45, 2.75) is 6.54 Å². The van der Waals surface area contributed by atoms with Gasteiger partial charge in [0.05, 0.1) is 28.6 Å². The summed E-state index contributed by atoms with van der Waals surface area (Å²) in [4.78, 5) is 15.4. The lowest BCUT2D eigenvalue weighted by molar-refractivity contribution is 0.121. The number of pyridine rings is 1. The highest BCUT2D eigenvalue weighted by Crippen LogP contribution is 2.39. The number of rotatable bonds is 4. The lowest BCUT2D eigenvalue weighted by Gasteiger charge is -2.57. The van der Waals surface area contributed by atoms with E-state index in [9.17, 15) is 0 Å². The smallest absolute Gasteiger partial charge is 0.0890 e. The second kappa shape index (κ2) is 5.67. The van der Waals surface area contributed by atoms with Gasteiger partial charge in [-0.05, 0) is 23.8 Å². The molecule has 2 saturated heterocycles. The topological polar surface area (TPSA) is 66.0 Å². The number of benzene rings is 1. The number of hydrogen-bond donors (Lipinski definition) is 2. The van der Waals surface area contributed by atoms with Crippen molar-refractivity contribution >= 4 is 22.4 Å². The van der Waals surface area contributed by atoms with Crippen molar-refractivity contribution in [1.82, 2.24) is 20.3 Å². The molecular weight excluding hydrogens is 312 g/mol. The van der Waals surface area contributed by atoms with Crippen LogP contribution in [0.4, 0.5) is 11.4 Å². The Kier molecular flexibility index (Phi) is 3.31. The van der Waals surface area contributed by atoms with Crippen LogP contribution in [-0.4, -0.2) is 41.1 Å². The number of hydrogen-bond acceptors (Lipinski definition) is 6. The van der Waals surface area contributed by atoms with Crippen LogP contribution in [0.5, 0.6) is 0 Å². The van der Waals surface area contributed by atoms with Crippen LogP contribution in [0.2, 0.25) is 0 Å². The maximum absolute atomic E-state index is 4.38. The van der Waals surface area contributed by atoms with Crippen LogP contribution in [0.25, 0.3) is 11.0 Å². The van der Waals surface area contributed by atoms with Gasteiger partial charge < -0.3 is 15.5 Å². The molecule has 1 aromatic carbocycles. The summed E-state index contributed by atoms with van der Waals surface area (Å²) < 4.78 is 0. The van der Waals surface area contributed by atoms with E-state index in [0.29, 0.717) is 5.41 Å². The highest BCUT2D eigenvalue weighted by Gasteiger charge is 2.47. The molecule has 2 aliphatic rings. The molecule has 5 rings (SSSR count). The zero-order valence-corrected chi connectivity index (χ0v) is 13.9. The minimum atomic E-state index is 0.511. The Balaban J connectivity index is 1.32. The first kappa shape index (κ1) is 14.6. The van der Waals surface area contributed by atoms with E-state index in [1.165, 1.54) is 11.3 Å². The fraction of sp³-hybridized carbons (Fsp3) is 0.316. The van der Waals surface area contributed by atoms with Crippen LogP contribution in [0.1, 0.15) is 5.56 Å². The summed E-state index contributed by atoms with van der Waals surface area (Å²) in [7, 11) is 0. The van der Waals surface area contributed by atoms with E-state index in [1.54, 1.807) is 12.4 Å². The third kappa shape index (κ3) is 2.59. The van der Waals surface area contributed by atoms with E-state index >= 15 is 0 Å². The van der Waals surface area contributed by atoms with Crippen molar-refractivity contribution in [2.24, 2.45) is 5.41 Å². The fourth-order valence-corrected chi connectivity index (χ4v) is 3.75. The summed E-state index contributed by atoms with van der Waals surface area (Å²) in [5, 5.41) is 6.92. The van der Waals surface area contributed by atoms with Crippen molar-refractivity contribution < 1.29 is 0 Å². The first-order valence-electron chi connectivity index (χ1n) is 8.65. The lowest BCUT2D eigenvalue weighted by atomic mass is 9.74. The van der Waals surface area contributed by atoms with Gasteiger partial charge in [0.1, 0.15) is 0 Å². The Morgan fingerprint density at radius 2 is 1.88 bits per heavy atom. The highest BCUT2D eigenvalue weighted by atomic mass is 15.3. The zero-order chi connectivity index (χ0) is 16.7. The number of fused-ring (bicyclic) bond motifs is 1. The second-order valence-corrected chi connectivity index (χ2v) is 7.09. The molecule has 2 fully saturated rings. The fourth-order valence-electron chi connectivity index (χ4n) is 3.75. The maximum atomic E-state index is 4.38. The summed E-state index contributed by atoms with van der Waals surface area (Å²) in [5.41, 5.74) is 5.88. The van der Waals surface area contributed by atoms with Gasteiger partial charge in [0.15, 0.2) is 0 Å². The van der Waals surface area contributed by atoms with E-state index in [2.05, 4.69) is 48.7 Å². The highest BCUT2D eigenvalue weighted by molar-refractivity contribution is 5.75. The molecule has 0 bridgehead atoms. The first-order chi connectivity index (χ1) is 12.3. The van der Waals surface area contributed by atoms with Crippen LogP contribution >= 0.6 is 0 Å². The van der Waals surface area contributed by atoms with Crippen LogP contribution in [-0.2, 0) is 6.54 Å². The molecule has 6 nitrogen and oxygen atoms in total. The van der Waals surface area contributed by atoms with E-state index in [1.807, 2.05) is 18.5 Å². The van der Waals surface area contributed by atoms with Crippen molar-refractivity contribution in [3.05, 3.63) is 54.6 Å². The molecule has 0 aliphatic carbocycles. The molecule has 0 atom stereocenters.